The molecule has 3 heteroatoms. The van der Waals surface area contributed by atoms with Crippen LogP contribution in [0.5, 0.6) is 0 Å². The molecular formula is C15H16N2O. The van der Waals surface area contributed by atoms with Crippen LogP contribution in [0.3, 0.4) is 0 Å². The van der Waals surface area contributed by atoms with Gasteiger partial charge in [-0.05, 0) is 18.6 Å². The van der Waals surface area contributed by atoms with E-state index in [0.29, 0.717) is 5.56 Å². The molecule has 0 radical (unpaired) electrons. The number of fused-ring (bicyclic) bond motifs is 1. The van der Waals surface area contributed by atoms with Gasteiger partial charge in [0.1, 0.15) is 0 Å². The first-order valence-electron chi connectivity index (χ1n) is 6.09. The molecule has 1 aromatic heterocycles. The summed E-state index contributed by atoms with van der Waals surface area (Å²) in [6.07, 6.45) is 8.97. The summed E-state index contributed by atoms with van der Waals surface area (Å²) in [5, 5.41) is 3.89. The molecule has 0 bridgehead atoms. The predicted molar refractivity (Wildman–Crippen MR) is 73.3 cm³/mol. The summed E-state index contributed by atoms with van der Waals surface area (Å²) in [5.41, 5.74) is 1.48. The van der Waals surface area contributed by atoms with Crippen molar-refractivity contribution in [1.29, 1.82) is 0 Å². The average molecular weight is 240 g/mol. The standard InChI is InChI=1S/C15H16N2O/c1-3-6-12(4-2)17-15(18)13-8-5-7-11-9-10-16-14(11)13/h2,5,7-10,12,16H,3,6H2,1H3,(H,17,18). The molecule has 0 fully saturated rings. The Morgan fingerprint density at radius 3 is 3.06 bits per heavy atom. The molecule has 0 saturated heterocycles. The fourth-order valence-corrected chi connectivity index (χ4v) is 2.00. The van der Waals surface area contributed by atoms with Gasteiger partial charge in [-0.2, -0.15) is 0 Å². The number of carbonyl (C=O) groups is 1. The highest BCUT2D eigenvalue weighted by Gasteiger charge is 2.13. The van der Waals surface area contributed by atoms with Crippen LogP contribution in [0, 0.1) is 12.3 Å². The van der Waals surface area contributed by atoms with Crippen LogP contribution in [0.4, 0.5) is 0 Å². The van der Waals surface area contributed by atoms with E-state index in [1.807, 2.05) is 31.3 Å². The van der Waals surface area contributed by atoms with Crippen molar-refractivity contribution in [1.82, 2.24) is 10.3 Å². The van der Waals surface area contributed by atoms with Gasteiger partial charge in [-0.1, -0.05) is 31.4 Å². The Morgan fingerprint density at radius 1 is 1.50 bits per heavy atom. The minimum atomic E-state index is -0.201. The fourth-order valence-electron chi connectivity index (χ4n) is 2.00. The zero-order valence-corrected chi connectivity index (χ0v) is 10.4. The summed E-state index contributed by atoms with van der Waals surface area (Å²) in [6.45, 7) is 2.04. The van der Waals surface area contributed by atoms with Gasteiger partial charge in [-0.25, -0.2) is 0 Å². The molecule has 0 saturated carbocycles. The summed E-state index contributed by atoms with van der Waals surface area (Å²) in [6, 6.07) is 7.38. The zero-order valence-electron chi connectivity index (χ0n) is 10.4. The van der Waals surface area contributed by atoms with Crippen molar-refractivity contribution in [3.63, 3.8) is 0 Å². The van der Waals surface area contributed by atoms with E-state index in [1.165, 1.54) is 0 Å². The molecule has 1 unspecified atom stereocenters. The number of hydrogen-bond donors (Lipinski definition) is 2. The van der Waals surface area contributed by atoms with Gasteiger partial charge in [-0.3, -0.25) is 4.79 Å². The Bertz CT molecular complexity index is 592. The minimum Gasteiger partial charge on any atom is -0.361 e. The van der Waals surface area contributed by atoms with Gasteiger partial charge in [0.15, 0.2) is 0 Å². The molecule has 2 N–H and O–H groups in total. The van der Waals surface area contributed by atoms with Gasteiger partial charge in [0.2, 0.25) is 0 Å². The highest BCUT2D eigenvalue weighted by molar-refractivity contribution is 6.05. The Labute approximate surface area is 107 Å². The number of carbonyl (C=O) groups excluding carboxylic acids is 1. The lowest BCUT2D eigenvalue weighted by molar-refractivity contribution is 0.0946. The third-order valence-electron chi connectivity index (χ3n) is 2.92. The molecule has 0 aliphatic heterocycles. The first-order valence-corrected chi connectivity index (χ1v) is 6.09. The Morgan fingerprint density at radius 2 is 2.33 bits per heavy atom. The quantitative estimate of drug-likeness (QED) is 0.793. The van der Waals surface area contributed by atoms with E-state index in [0.717, 1.165) is 23.7 Å². The van der Waals surface area contributed by atoms with Crippen molar-refractivity contribution in [3.05, 3.63) is 36.0 Å². The predicted octanol–water partition coefficient (Wildman–Crippen LogP) is 2.70. The Balaban J connectivity index is 2.23. The lowest BCUT2D eigenvalue weighted by Gasteiger charge is -2.12. The van der Waals surface area contributed by atoms with E-state index >= 15 is 0 Å². The number of para-hydroxylation sites is 1. The molecule has 18 heavy (non-hydrogen) atoms. The van der Waals surface area contributed by atoms with E-state index < -0.39 is 0 Å². The van der Waals surface area contributed by atoms with E-state index in [2.05, 4.69) is 16.2 Å². The van der Waals surface area contributed by atoms with Crippen LogP contribution in [0.15, 0.2) is 30.5 Å². The third-order valence-corrected chi connectivity index (χ3v) is 2.92. The second-order valence-corrected chi connectivity index (χ2v) is 4.23. The Hall–Kier alpha value is -2.21. The minimum absolute atomic E-state index is 0.126. The molecule has 2 rings (SSSR count). The van der Waals surface area contributed by atoms with Gasteiger partial charge >= 0.3 is 0 Å². The number of nitrogens with one attached hydrogen (secondary N) is 2. The van der Waals surface area contributed by atoms with Crippen LogP contribution in [0.1, 0.15) is 30.1 Å². The number of amides is 1. The topological polar surface area (TPSA) is 44.9 Å². The molecule has 1 amide bonds. The molecular weight excluding hydrogens is 224 g/mol. The van der Waals surface area contributed by atoms with Gasteiger partial charge in [-0.15, -0.1) is 6.42 Å². The zero-order chi connectivity index (χ0) is 13.0. The summed E-state index contributed by atoms with van der Waals surface area (Å²) in [7, 11) is 0. The smallest absolute Gasteiger partial charge is 0.254 e. The maximum Gasteiger partial charge on any atom is 0.254 e. The molecule has 1 aromatic carbocycles. The number of aromatic nitrogens is 1. The van der Waals surface area contributed by atoms with Crippen molar-refractivity contribution in [2.75, 3.05) is 0 Å². The van der Waals surface area contributed by atoms with Crippen molar-refractivity contribution < 1.29 is 4.79 Å². The molecule has 1 atom stereocenters. The monoisotopic (exact) mass is 240 g/mol. The van der Waals surface area contributed by atoms with Crippen LogP contribution in [0.2, 0.25) is 0 Å². The first kappa shape index (κ1) is 12.3. The SMILES string of the molecule is C#CC(CCC)NC(=O)c1cccc2cc[nH]c12. The van der Waals surface area contributed by atoms with Crippen LogP contribution < -0.4 is 5.32 Å². The van der Waals surface area contributed by atoms with E-state index in [-0.39, 0.29) is 11.9 Å². The number of aromatic amines is 1. The number of benzene rings is 1. The first-order chi connectivity index (χ1) is 8.76. The van der Waals surface area contributed by atoms with E-state index in [1.54, 1.807) is 6.07 Å². The number of rotatable bonds is 4. The van der Waals surface area contributed by atoms with Crippen molar-refractivity contribution in [2.45, 2.75) is 25.8 Å². The lowest BCUT2D eigenvalue weighted by Crippen LogP contribution is -2.33. The maximum absolute atomic E-state index is 12.2. The maximum atomic E-state index is 12.2. The normalized spacial score (nSPS) is 12.0. The van der Waals surface area contributed by atoms with Crippen LogP contribution in [-0.2, 0) is 0 Å². The highest BCUT2D eigenvalue weighted by Crippen LogP contribution is 2.17. The number of terminal acetylenes is 1. The molecule has 0 spiro atoms. The fraction of sp³-hybridized carbons (Fsp3) is 0.267. The van der Waals surface area contributed by atoms with Crippen LogP contribution in [-0.4, -0.2) is 16.9 Å². The molecule has 0 aliphatic rings. The molecule has 92 valence electrons. The van der Waals surface area contributed by atoms with Gasteiger partial charge in [0, 0.05) is 11.6 Å². The average Bonchev–Trinajstić information content (AvgIpc) is 2.85. The molecule has 1 heterocycles. The lowest BCUT2D eigenvalue weighted by atomic mass is 10.1. The van der Waals surface area contributed by atoms with Gasteiger partial charge in [0.05, 0.1) is 17.1 Å². The van der Waals surface area contributed by atoms with E-state index in [4.69, 9.17) is 6.42 Å². The van der Waals surface area contributed by atoms with Crippen molar-refractivity contribution in [2.24, 2.45) is 0 Å². The second kappa shape index (κ2) is 5.42. The van der Waals surface area contributed by atoms with Crippen molar-refractivity contribution >= 4 is 16.8 Å². The molecule has 0 aliphatic carbocycles. The number of H-pyrrole nitrogens is 1. The van der Waals surface area contributed by atoms with Gasteiger partial charge in [0.25, 0.3) is 5.91 Å². The second-order valence-electron chi connectivity index (χ2n) is 4.23. The van der Waals surface area contributed by atoms with Crippen molar-refractivity contribution in [3.8, 4) is 12.3 Å². The number of hydrogen-bond acceptors (Lipinski definition) is 1. The molecule has 3 nitrogen and oxygen atoms in total. The van der Waals surface area contributed by atoms with E-state index in [9.17, 15) is 4.79 Å². The Kier molecular flexibility index (Phi) is 3.69. The summed E-state index contributed by atoms with van der Waals surface area (Å²) < 4.78 is 0. The third kappa shape index (κ3) is 2.38. The van der Waals surface area contributed by atoms with Crippen LogP contribution in [0.25, 0.3) is 10.9 Å². The van der Waals surface area contributed by atoms with Crippen LogP contribution >= 0.6 is 0 Å². The summed E-state index contributed by atoms with van der Waals surface area (Å²) >= 11 is 0. The summed E-state index contributed by atoms with van der Waals surface area (Å²) in [5.74, 6) is 2.48. The summed E-state index contributed by atoms with van der Waals surface area (Å²) in [4.78, 5) is 15.3. The van der Waals surface area contributed by atoms with Gasteiger partial charge < -0.3 is 10.3 Å². The highest BCUT2D eigenvalue weighted by atomic mass is 16.1. The largest absolute Gasteiger partial charge is 0.361 e. The molecule has 2 aromatic rings.